The van der Waals surface area contributed by atoms with Gasteiger partial charge < -0.3 is 9.47 Å². The van der Waals surface area contributed by atoms with Gasteiger partial charge in [0.25, 0.3) is 0 Å². The molecular weight excluding hydrogens is 284 g/mol. The van der Waals surface area contributed by atoms with Crippen LogP contribution in [0.5, 0.6) is 0 Å². The second-order valence-electron chi connectivity index (χ2n) is 6.41. The molecule has 0 saturated carbocycles. The Morgan fingerprint density at radius 2 is 2.17 bits per heavy atom. The Morgan fingerprint density at radius 1 is 1.22 bits per heavy atom. The average molecular weight is 306 g/mol. The van der Waals surface area contributed by atoms with Crippen LogP contribution >= 0.6 is 0 Å². The van der Waals surface area contributed by atoms with Gasteiger partial charge in [0.1, 0.15) is 5.82 Å². The Kier molecular flexibility index (Phi) is 3.83. The Bertz CT molecular complexity index is 802. The monoisotopic (exact) mass is 306 g/mol. The number of benzene rings is 1. The molecule has 1 saturated heterocycles. The largest absolute Gasteiger partial charge is 0.331 e. The summed E-state index contributed by atoms with van der Waals surface area (Å²) in [6, 6.07) is 9.13. The fraction of sp³-hybridized carbons (Fsp3) is 0.368. The molecule has 0 radical (unpaired) electrons. The van der Waals surface area contributed by atoms with Gasteiger partial charge in [-0.1, -0.05) is 18.2 Å². The summed E-state index contributed by atoms with van der Waals surface area (Å²) in [5.41, 5.74) is 1.19. The van der Waals surface area contributed by atoms with Gasteiger partial charge in [-0.3, -0.25) is 4.98 Å². The van der Waals surface area contributed by atoms with Crippen LogP contribution in [-0.2, 0) is 6.54 Å². The highest BCUT2D eigenvalue weighted by atomic mass is 15.2. The molecule has 3 heterocycles. The molecule has 0 N–H and O–H groups in total. The lowest BCUT2D eigenvalue weighted by atomic mass is 10.1. The molecule has 4 heteroatoms. The number of aromatic nitrogens is 3. The first-order valence-electron chi connectivity index (χ1n) is 8.37. The van der Waals surface area contributed by atoms with Gasteiger partial charge in [-0.25, -0.2) is 4.98 Å². The first-order valence-corrected chi connectivity index (χ1v) is 8.37. The summed E-state index contributed by atoms with van der Waals surface area (Å²) in [7, 11) is 2.24. The summed E-state index contributed by atoms with van der Waals surface area (Å²) in [4.78, 5) is 11.3. The van der Waals surface area contributed by atoms with Gasteiger partial charge >= 0.3 is 0 Å². The van der Waals surface area contributed by atoms with E-state index in [1.807, 2.05) is 18.6 Å². The molecule has 1 unspecified atom stereocenters. The van der Waals surface area contributed by atoms with Crippen molar-refractivity contribution < 1.29 is 0 Å². The lowest BCUT2D eigenvalue weighted by Crippen LogP contribution is -2.26. The molecule has 23 heavy (non-hydrogen) atoms. The Balaban J connectivity index is 1.63. The number of nitrogens with zero attached hydrogens (tertiary/aromatic N) is 4. The van der Waals surface area contributed by atoms with Crippen LogP contribution in [-0.4, -0.2) is 39.1 Å². The third-order valence-electron chi connectivity index (χ3n) is 5.01. The van der Waals surface area contributed by atoms with Crippen LogP contribution in [0.25, 0.3) is 22.2 Å². The molecule has 1 aliphatic heterocycles. The van der Waals surface area contributed by atoms with Crippen LogP contribution in [0, 0.1) is 0 Å². The maximum Gasteiger partial charge on any atom is 0.140 e. The van der Waals surface area contributed by atoms with E-state index in [2.05, 4.69) is 56.9 Å². The second kappa shape index (κ2) is 6.13. The van der Waals surface area contributed by atoms with Crippen molar-refractivity contribution in [2.45, 2.75) is 31.8 Å². The van der Waals surface area contributed by atoms with Gasteiger partial charge in [0.15, 0.2) is 0 Å². The summed E-state index contributed by atoms with van der Waals surface area (Å²) in [6.07, 6.45) is 11.6. The summed E-state index contributed by atoms with van der Waals surface area (Å²) in [5.74, 6) is 1.06. The van der Waals surface area contributed by atoms with Gasteiger partial charge in [0.05, 0.1) is 0 Å². The molecule has 1 fully saturated rings. The molecule has 3 aromatic rings. The summed E-state index contributed by atoms with van der Waals surface area (Å²) in [6.45, 7) is 2.25. The zero-order chi connectivity index (χ0) is 15.6. The van der Waals surface area contributed by atoms with Crippen LogP contribution < -0.4 is 0 Å². The summed E-state index contributed by atoms with van der Waals surface area (Å²) >= 11 is 0. The zero-order valence-electron chi connectivity index (χ0n) is 13.5. The van der Waals surface area contributed by atoms with E-state index < -0.39 is 0 Å². The summed E-state index contributed by atoms with van der Waals surface area (Å²) in [5, 5.41) is 2.38. The lowest BCUT2D eigenvalue weighted by molar-refractivity contribution is 0.286. The molecule has 0 aliphatic carbocycles. The number of likely N-dealkylation sites (tertiary alicyclic amines) is 1. The summed E-state index contributed by atoms with van der Waals surface area (Å²) < 4.78 is 2.29. The van der Waals surface area contributed by atoms with Gasteiger partial charge in [-0.15, -0.1) is 0 Å². The predicted molar refractivity (Wildman–Crippen MR) is 93.2 cm³/mol. The number of fused-ring (bicyclic) bond motifs is 1. The molecule has 1 atom stereocenters. The van der Waals surface area contributed by atoms with Crippen molar-refractivity contribution in [3.05, 3.63) is 49.1 Å². The minimum atomic E-state index is 0.710. The van der Waals surface area contributed by atoms with Crippen molar-refractivity contribution >= 4 is 10.8 Å². The van der Waals surface area contributed by atoms with Crippen LogP contribution in [0.1, 0.15) is 19.3 Å². The second-order valence-corrected chi connectivity index (χ2v) is 6.41. The van der Waals surface area contributed by atoms with Crippen molar-refractivity contribution in [3.8, 4) is 11.4 Å². The van der Waals surface area contributed by atoms with Crippen LogP contribution in [0.15, 0.2) is 49.1 Å². The highest BCUT2D eigenvalue weighted by molar-refractivity contribution is 5.94. The minimum Gasteiger partial charge on any atom is -0.331 e. The zero-order valence-corrected chi connectivity index (χ0v) is 13.5. The Morgan fingerprint density at radius 3 is 3.04 bits per heavy atom. The van der Waals surface area contributed by atoms with E-state index >= 15 is 0 Å². The first kappa shape index (κ1) is 14.4. The first-order chi connectivity index (χ1) is 11.3. The number of pyridine rings is 1. The van der Waals surface area contributed by atoms with Gasteiger partial charge in [-0.05, 0) is 44.3 Å². The van der Waals surface area contributed by atoms with Crippen LogP contribution in [0.4, 0.5) is 0 Å². The van der Waals surface area contributed by atoms with Crippen LogP contribution in [0.2, 0.25) is 0 Å². The van der Waals surface area contributed by atoms with E-state index in [-0.39, 0.29) is 0 Å². The third-order valence-corrected chi connectivity index (χ3v) is 5.01. The van der Waals surface area contributed by atoms with E-state index in [9.17, 15) is 0 Å². The van der Waals surface area contributed by atoms with Crippen molar-refractivity contribution in [2.24, 2.45) is 0 Å². The van der Waals surface area contributed by atoms with Gasteiger partial charge in [0.2, 0.25) is 0 Å². The fourth-order valence-electron chi connectivity index (χ4n) is 3.68. The molecule has 118 valence electrons. The number of rotatable bonds is 4. The van der Waals surface area contributed by atoms with Crippen LogP contribution in [0.3, 0.4) is 0 Å². The smallest absolute Gasteiger partial charge is 0.140 e. The molecule has 4 nitrogen and oxygen atoms in total. The van der Waals surface area contributed by atoms with Crippen molar-refractivity contribution in [1.82, 2.24) is 19.4 Å². The lowest BCUT2D eigenvalue weighted by Gasteiger charge is -2.20. The molecule has 1 aromatic carbocycles. The van der Waals surface area contributed by atoms with E-state index in [1.165, 1.54) is 36.8 Å². The highest BCUT2D eigenvalue weighted by Crippen LogP contribution is 2.27. The maximum absolute atomic E-state index is 4.63. The SMILES string of the molecule is CN1CCCC1CCn1ccnc1-c1cccc2cnccc12. The third kappa shape index (κ3) is 2.75. The van der Waals surface area contributed by atoms with Gasteiger partial charge in [-0.2, -0.15) is 0 Å². The van der Waals surface area contributed by atoms with Crippen molar-refractivity contribution in [1.29, 1.82) is 0 Å². The maximum atomic E-state index is 4.63. The van der Waals surface area contributed by atoms with Crippen molar-refractivity contribution in [2.75, 3.05) is 13.6 Å². The molecule has 0 spiro atoms. The number of aryl methyl sites for hydroxylation is 1. The van der Waals surface area contributed by atoms with Gasteiger partial charge in [0, 0.05) is 48.3 Å². The molecule has 1 aliphatic rings. The average Bonchev–Trinajstić information content (AvgIpc) is 3.21. The number of hydrogen-bond donors (Lipinski definition) is 0. The Hall–Kier alpha value is -2.20. The quantitative estimate of drug-likeness (QED) is 0.739. The normalized spacial score (nSPS) is 18.7. The van der Waals surface area contributed by atoms with E-state index in [1.54, 1.807) is 0 Å². The molecule has 0 bridgehead atoms. The predicted octanol–water partition coefficient (Wildman–Crippen LogP) is 3.58. The standard InChI is InChI=1S/C19H22N4/c1-22-11-3-5-16(22)8-12-23-13-10-21-19(23)18-6-2-4-15-14-20-9-7-17(15)18/h2,4,6-7,9-10,13-14,16H,3,5,8,11-12H2,1H3. The number of hydrogen-bond acceptors (Lipinski definition) is 3. The van der Waals surface area contributed by atoms with E-state index in [0.29, 0.717) is 6.04 Å². The van der Waals surface area contributed by atoms with Crippen molar-refractivity contribution in [3.63, 3.8) is 0 Å². The van der Waals surface area contributed by atoms with E-state index in [4.69, 9.17) is 0 Å². The topological polar surface area (TPSA) is 34.0 Å². The highest BCUT2D eigenvalue weighted by Gasteiger charge is 2.20. The molecular formula is C19H22N4. The fourth-order valence-corrected chi connectivity index (χ4v) is 3.68. The molecule has 2 aromatic heterocycles. The molecule has 0 amide bonds. The van der Waals surface area contributed by atoms with E-state index in [0.717, 1.165) is 17.8 Å². The Labute approximate surface area is 136 Å². The molecule has 4 rings (SSSR count). The number of imidazole rings is 1. The minimum absolute atomic E-state index is 0.710.